The van der Waals surface area contributed by atoms with Crippen LogP contribution in [0, 0.1) is 6.92 Å². The van der Waals surface area contributed by atoms with Crippen LogP contribution in [0.5, 0.6) is 0 Å². The van der Waals surface area contributed by atoms with Crippen LogP contribution in [0.1, 0.15) is 11.4 Å². The highest BCUT2D eigenvalue weighted by Crippen LogP contribution is 2.24. The second-order valence-electron chi connectivity index (χ2n) is 6.95. The van der Waals surface area contributed by atoms with E-state index in [0.29, 0.717) is 5.95 Å². The number of rotatable bonds is 5. The van der Waals surface area contributed by atoms with Gasteiger partial charge in [-0.2, -0.15) is 10.1 Å². The molecule has 10 heteroatoms. The Balaban J connectivity index is 1.36. The van der Waals surface area contributed by atoms with Gasteiger partial charge >= 0.3 is 0 Å². The molecule has 0 radical (unpaired) electrons. The highest BCUT2D eigenvalue weighted by atomic mass is 32.1. The number of nitrogens with zero attached hydrogens (tertiary/aromatic N) is 7. The van der Waals surface area contributed by atoms with Gasteiger partial charge in [0.05, 0.1) is 16.9 Å². The van der Waals surface area contributed by atoms with Gasteiger partial charge in [-0.25, -0.2) is 9.50 Å². The molecule has 1 saturated heterocycles. The average molecular weight is 408 g/mol. The Morgan fingerprint density at radius 2 is 2.14 bits per heavy atom. The van der Waals surface area contributed by atoms with Crippen LogP contribution >= 0.6 is 11.3 Å². The molecule has 5 heterocycles. The molecular weight excluding hydrogens is 386 g/mol. The number of aromatic nitrogens is 6. The molecule has 2 N–H and O–H groups in total. The van der Waals surface area contributed by atoms with E-state index in [1.54, 1.807) is 11.3 Å². The van der Waals surface area contributed by atoms with Crippen molar-refractivity contribution in [1.29, 1.82) is 0 Å². The number of anilines is 3. The molecule has 0 aromatic carbocycles. The lowest BCUT2D eigenvalue weighted by Gasteiger charge is -2.36. The van der Waals surface area contributed by atoms with Gasteiger partial charge in [-0.15, -0.1) is 16.4 Å². The van der Waals surface area contributed by atoms with Crippen LogP contribution < -0.4 is 10.2 Å². The predicted octanol–water partition coefficient (Wildman–Crippen LogP) is 2.75. The number of aromatic amines is 1. The quantitative estimate of drug-likeness (QED) is 0.526. The number of hydrogen-bond acceptors (Lipinski definition) is 8. The number of fused-ring (bicyclic) bond motifs is 1. The van der Waals surface area contributed by atoms with Crippen molar-refractivity contribution in [2.45, 2.75) is 6.92 Å². The van der Waals surface area contributed by atoms with Gasteiger partial charge in [0, 0.05) is 49.5 Å². The Kier molecular flexibility index (Phi) is 4.39. The monoisotopic (exact) mass is 407 g/mol. The van der Waals surface area contributed by atoms with Gasteiger partial charge in [0.25, 0.3) is 0 Å². The number of thiazole rings is 1. The summed E-state index contributed by atoms with van der Waals surface area (Å²) in [5.41, 5.74) is 5.67. The van der Waals surface area contributed by atoms with Crippen molar-refractivity contribution >= 4 is 40.1 Å². The van der Waals surface area contributed by atoms with E-state index in [4.69, 9.17) is 10.1 Å². The normalized spacial score (nSPS) is 14.5. The maximum atomic E-state index is 4.80. The Bertz CT molecular complexity index is 1140. The molecule has 4 aromatic heterocycles. The maximum absolute atomic E-state index is 4.80. The fourth-order valence-electron chi connectivity index (χ4n) is 3.45. The predicted molar refractivity (Wildman–Crippen MR) is 115 cm³/mol. The summed E-state index contributed by atoms with van der Waals surface area (Å²) in [5.74, 6) is 2.17. The van der Waals surface area contributed by atoms with Gasteiger partial charge in [-0.1, -0.05) is 6.58 Å². The molecule has 9 nitrogen and oxygen atoms in total. The topological polar surface area (TPSA) is 90.3 Å². The largest absolute Gasteiger partial charge is 0.367 e. The van der Waals surface area contributed by atoms with Crippen LogP contribution in [0.25, 0.3) is 11.2 Å². The van der Waals surface area contributed by atoms with Crippen molar-refractivity contribution in [2.24, 2.45) is 0 Å². The van der Waals surface area contributed by atoms with Crippen molar-refractivity contribution < 1.29 is 0 Å². The minimum absolute atomic E-state index is 0.697. The molecule has 1 aliphatic heterocycles. The number of aryl methyl sites for hydroxylation is 1. The second-order valence-corrected chi connectivity index (χ2v) is 7.67. The molecule has 0 amide bonds. The standard InChI is InChI=1S/C19H21N9S/c1-13-10-17(24-23-13)21-18-16-4-3-5-28(16)25-19(22-18)27-8-6-26(7-9-27)14(2)15-11-29-12-20-15/h3-5,10-12H,2,6-9H2,1H3,(H2,21,22,23,24,25). The molecule has 0 bridgehead atoms. The summed E-state index contributed by atoms with van der Waals surface area (Å²) in [7, 11) is 0. The molecule has 0 atom stereocenters. The third-order valence-corrected chi connectivity index (χ3v) is 5.59. The summed E-state index contributed by atoms with van der Waals surface area (Å²) in [6, 6.07) is 5.90. The second kappa shape index (κ2) is 7.21. The highest BCUT2D eigenvalue weighted by molar-refractivity contribution is 7.07. The number of piperazine rings is 1. The minimum atomic E-state index is 0.697. The molecule has 5 rings (SSSR count). The highest BCUT2D eigenvalue weighted by Gasteiger charge is 2.22. The lowest BCUT2D eigenvalue weighted by Crippen LogP contribution is -2.46. The molecule has 1 fully saturated rings. The summed E-state index contributed by atoms with van der Waals surface area (Å²) in [6.45, 7) is 9.52. The van der Waals surface area contributed by atoms with E-state index in [1.807, 2.05) is 46.7 Å². The third kappa shape index (κ3) is 3.42. The molecule has 29 heavy (non-hydrogen) atoms. The van der Waals surface area contributed by atoms with Gasteiger partial charge in [0.15, 0.2) is 11.6 Å². The van der Waals surface area contributed by atoms with E-state index >= 15 is 0 Å². The number of hydrogen-bond donors (Lipinski definition) is 2. The van der Waals surface area contributed by atoms with E-state index in [1.165, 1.54) is 0 Å². The molecule has 4 aromatic rings. The van der Waals surface area contributed by atoms with E-state index in [9.17, 15) is 0 Å². The summed E-state index contributed by atoms with van der Waals surface area (Å²) in [4.78, 5) is 13.6. The molecule has 1 aliphatic rings. The third-order valence-electron chi connectivity index (χ3n) is 5.00. The smallest absolute Gasteiger partial charge is 0.245 e. The molecular formula is C19H21N9S. The van der Waals surface area contributed by atoms with E-state index < -0.39 is 0 Å². The van der Waals surface area contributed by atoms with Crippen molar-refractivity contribution in [1.82, 2.24) is 34.7 Å². The zero-order valence-electron chi connectivity index (χ0n) is 16.0. The zero-order valence-corrected chi connectivity index (χ0v) is 16.9. The number of nitrogens with one attached hydrogen (secondary N) is 2. The average Bonchev–Trinajstić information content (AvgIpc) is 3.49. The van der Waals surface area contributed by atoms with Gasteiger partial charge in [0.1, 0.15) is 5.52 Å². The zero-order chi connectivity index (χ0) is 19.8. The van der Waals surface area contributed by atoms with E-state index in [0.717, 1.165) is 60.4 Å². The Hall–Kier alpha value is -3.40. The Morgan fingerprint density at radius 3 is 2.86 bits per heavy atom. The summed E-state index contributed by atoms with van der Waals surface area (Å²) in [6.07, 6.45) is 1.93. The molecule has 0 spiro atoms. The fraction of sp³-hybridized carbons (Fsp3) is 0.263. The molecule has 0 aliphatic carbocycles. The molecule has 0 saturated carbocycles. The summed E-state index contributed by atoms with van der Waals surface area (Å²) >= 11 is 1.59. The SMILES string of the molecule is C=C(c1cscn1)N1CCN(c2nc(Nc3cc(C)[nH]n3)c3cccn3n2)CC1. The first kappa shape index (κ1) is 17.7. The van der Waals surface area contributed by atoms with Gasteiger partial charge < -0.3 is 15.1 Å². The van der Waals surface area contributed by atoms with Crippen molar-refractivity contribution in [3.8, 4) is 0 Å². The molecule has 0 unspecified atom stereocenters. The van der Waals surface area contributed by atoms with E-state index in [-0.39, 0.29) is 0 Å². The van der Waals surface area contributed by atoms with Crippen LogP contribution in [0.2, 0.25) is 0 Å². The summed E-state index contributed by atoms with van der Waals surface area (Å²) < 4.78 is 1.85. The van der Waals surface area contributed by atoms with Crippen LogP contribution in [0.15, 0.2) is 41.9 Å². The van der Waals surface area contributed by atoms with Crippen molar-refractivity contribution in [3.63, 3.8) is 0 Å². The lowest BCUT2D eigenvalue weighted by atomic mass is 10.2. The lowest BCUT2D eigenvalue weighted by molar-refractivity contribution is 0.364. The fourth-order valence-corrected chi connectivity index (χ4v) is 4.01. The minimum Gasteiger partial charge on any atom is -0.367 e. The van der Waals surface area contributed by atoms with Crippen LogP contribution in [0.3, 0.4) is 0 Å². The molecule has 148 valence electrons. The Labute approximate surface area is 171 Å². The van der Waals surface area contributed by atoms with E-state index in [2.05, 4.69) is 36.9 Å². The van der Waals surface area contributed by atoms with Gasteiger partial charge in [0.2, 0.25) is 5.95 Å². The number of H-pyrrole nitrogens is 1. The van der Waals surface area contributed by atoms with Gasteiger partial charge in [-0.05, 0) is 19.1 Å². The van der Waals surface area contributed by atoms with Crippen LogP contribution in [-0.4, -0.2) is 60.9 Å². The first-order valence-electron chi connectivity index (χ1n) is 9.39. The van der Waals surface area contributed by atoms with Crippen LogP contribution in [0.4, 0.5) is 17.6 Å². The first-order valence-corrected chi connectivity index (χ1v) is 10.3. The summed E-state index contributed by atoms with van der Waals surface area (Å²) in [5, 5.41) is 17.2. The Morgan fingerprint density at radius 1 is 1.28 bits per heavy atom. The van der Waals surface area contributed by atoms with Crippen molar-refractivity contribution in [3.05, 3.63) is 53.3 Å². The first-order chi connectivity index (χ1) is 14.2. The van der Waals surface area contributed by atoms with Gasteiger partial charge in [-0.3, -0.25) is 5.10 Å². The van der Waals surface area contributed by atoms with Crippen LogP contribution in [-0.2, 0) is 0 Å². The maximum Gasteiger partial charge on any atom is 0.245 e. The van der Waals surface area contributed by atoms with Crippen molar-refractivity contribution in [2.75, 3.05) is 36.4 Å².